The number of carbonyl (C=O) groups is 1. The minimum atomic E-state index is -3.26. The molecule has 3 aromatic carbocycles. The Hall–Kier alpha value is -2.92. The Kier molecular flexibility index (Phi) is 5.72. The third-order valence-corrected chi connectivity index (χ3v) is 6.14. The molecule has 0 unspecified atom stereocenters. The van der Waals surface area contributed by atoms with Crippen LogP contribution in [0, 0.1) is 0 Å². The zero-order valence-electron chi connectivity index (χ0n) is 15.0. The van der Waals surface area contributed by atoms with E-state index in [0.29, 0.717) is 5.69 Å². The second-order valence-electron chi connectivity index (χ2n) is 6.17. The van der Waals surface area contributed by atoms with E-state index >= 15 is 0 Å². The Morgan fingerprint density at radius 1 is 0.815 bits per heavy atom. The van der Waals surface area contributed by atoms with Crippen molar-refractivity contribution in [1.82, 2.24) is 0 Å². The summed E-state index contributed by atoms with van der Waals surface area (Å²) in [4.78, 5) is 13.3. The minimum absolute atomic E-state index is 0.0444. The zero-order valence-corrected chi connectivity index (χ0v) is 15.8. The van der Waals surface area contributed by atoms with E-state index in [-0.39, 0.29) is 16.6 Å². The fourth-order valence-corrected chi connectivity index (χ4v) is 3.80. The highest BCUT2D eigenvalue weighted by atomic mass is 32.2. The largest absolute Gasteiger partial charge is 0.325 e. The molecule has 0 atom stereocenters. The van der Waals surface area contributed by atoms with E-state index in [1.54, 1.807) is 19.1 Å². The van der Waals surface area contributed by atoms with Crippen LogP contribution in [0.25, 0.3) is 0 Å². The number of amides is 1. The van der Waals surface area contributed by atoms with Crippen molar-refractivity contribution >= 4 is 21.4 Å². The Morgan fingerprint density at radius 2 is 1.30 bits per heavy atom. The average molecular weight is 379 g/mol. The summed E-state index contributed by atoms with van der Waals surface area (Å²) in [7, 11) is -3.26. The number of sulfone groups is 1. The quantitative estimate of drug-likeness (QED) is 0.696. The smallest absolute Gasteiger partial charge is 0.236 e. The summed E-state index contributed by atoms with van der Waals surface area (Å²) in [6.45, 7) is 1.61. The van der Waals surface area contributed by atoms with Crippen molar-refractivity contribution < 1.29 is 13.2 Å². The number of nitrogens with one attached hydrogen (secondary N) is 1. The lowest BCUT2D eigenvalue weighted by Crippen LogP contribution is -2.22. The molecule has 0 radical (unpaired) electrons. The predicted molar refractivity (Wildman–Crippen MR) is 108 cm³/mol. The molecule has 0 heterocycles. The molecule has 4 nitrogen and oxygen atoms in total. The van der Waals surface area contributed by atoms with Crippen LogP contribution in [0.1, 0.15) is 24.0 Å². The molecule has 3 rings (SSSR count). The Bertz CT molecular complexity index is 959. The Morgan fingerprint density at radius 3 is 1.74 bits per heavy atom. The van der Waals surface area contributed by atoms with Gasteiger partial charge in [-0.25, -0.2) is 8.42 Å². The summed E-state index contributed by atoms with van der Waals surface area (Å²) in [6, 6.07) is 25.4. The standard InChI is InChI=1S/C22H21NO3S/c1-2-27(25,26)20-15-13-19(14-16-20)23-22(24)21(17-9-5-3-6-10-17)18-11-7-4-8-12-18/h3-16,21H,2H2,1H3,(H,23,24). The van der Waals surface area contributed by atoms with Crippen LogP contribution in [-0.2, 0) is 14.6 Å². The molecule has 1 N–H and O–H groups in total. The van der Waals surface area contributed by atoms with E-state index in [1.165, 1.54) is 12.1 Å². The first-order valence-corrected chi connectivity index (χ1v) is 10.4. The number of hydrogen-bond acceptors (Lipinski definition) is 3. The average Bonchev–Trinajstić information content (AvgIpc) is 2.70. The number of carbonyl (C=O) groups excluding carboxylic acids is 1. The minimum Gasteiger partial charge on any atom is -0.325 e. The lowest BCUT2D eigenvalue weighted by Gasteiger charge is -2.18. The summed E-state index contributed by atoms with van der Waals surface area (Å²) < 4.78 is 23.9. The molecule has 0 aliphatic rings. The lowest BCUT2D eigenvalue weighted by atomic mass is 9.90. The van der Waals surface area contributed by atoms with E-state index in [0.717, 1.165) is 11.1 Å². The van der Waals surface area contributed by atoms with Crippen LogP contribution < -0.4 is 5.32 Å². The van der Waals surface area contributed by atoms with Gasteiger partial charge in [-0.2, -0.15) is 0 Å². The normalized spacial score (nSPS) is 11.3. The highest BCUT2D eigenvalue weighted by Gasteiger charge is 2.22. The van der Waals surface area contributed by atoms with Crippen molar-refractivity contribution in [2.45, 2.75) is 17.7 Å². The molecule has 138 valence electrons. The van der Waals surface area contributed by atoms with E-state index in [4.69, 9.17) is 0 Å². The van der Waals surface area contributed by atoms with Crippen LogP contribution in [0.4, 0.5) is 5.69 Å². The SMILES string of the molecule is CCS(=O)(=O)c1ccc(NC(=O)C(c2ccccc2)c2ccccc2)cc1. The van der Waals surface area contributed by atoms with Crippen molar-refractivity contribution in [2.75, 3.05) is 11.1 Å². The van der Waals surface area contributed by atoms with Gasteiger partial charge in [-0.1, -0.05) is 67.6 Å². The molecule has 0 saturated carbocycles. The molecular weight excluding hydrogens is 358 g/mol. The maximum Gasteiger partial charge on any atom is 0.236 e. The van der Waals surface area contributed by atoms with Crippen LogP contribution in [0.2, 0.25) is 0 Å². The fourth-order valence-electron chi connectivity index (χ4n) is 2.91. The summed E-state index contributed by atoms with van der Waals surface area (Å²) in [5.41, 5.74) is 2.35. The predicted octanol–water partition coefficient (Wildman–Crippen LogP) is 4.25. The Labute approximate surface area is 159 Å². The second kappa shape index (κ2) is 8.18. The van der Waals surface area contributed by atoms with Crippen LogP contribution in [-0.4, -0.2) is 20.1 Å². The van der Waals surface area contributed by atoms with Gasteiger partial charge >= 0.3 is 0 Å². The maximum absolute atomic E-state index is 13.0. The zero-order chi connectivity index (χ0) is 19.3. The van der Waals surface area contributed by atoms with E-state index < -0.39 is 15.8 Å². The van der Waals surface area contributed by atoms with Gasteiger partial charge in [-0.05, 0) is 35.4 Å². The van der Waals surface area contributed by atoms with Crippen molar-refractivity contribution in [3.63, 3.8) is 0 Å². The number of hydrogen-bond donors (Lipinski definition) is 1. The number of anilines is 1. The maximum atomic E-state index is 13.0. The van der Waals surface area contributed by atoms with Gasteiger partial charge in [0.1, 0.15) is 0 Å². The van der Waals surface area contributed by atoms with Crippen molar-refractivity contribution in [2.24, 2.45) is 0 Å². The van der Waals surface area contributed by atoms with Crippen molar-refractivity contribution in [3.8, 4) is 0 Å². The highest BCUT2D eigenvalue weighted by Crippen LogP contribution is 2.26. The van der Waals surface area contributed by atoms with Gasteiger partial charge < -0.3 is 5.32 Å². The monoisotopic (exact) mass is 379 g/mol. The van der Waals surface area contributed by atoms with Crippen LogP contribution in [0.15, 0.2) is 89.8 Å². The van der Waals surface area contributed by atoms with Gasteiger partial charge in [-0.3, -0.25) is 4.79 Å². The molecule has 0 saturated heterocycles. The van der Waals surface area contributed by atoms with Gasteiger partial charge in [0.25, 0.3) is 0 Å². The van der Waals surface area contributed by atoms with Crippen LogP contribution in [0.3, 0.4) is 0 Å². The molecule has 1 amide bonds. The van der Waals surface area contributed by atoms with E-state index in [9.17, 15) is 13.2 Å². The van der Waals surface area contributed by atoms with Gasteiger partial charge in [0.05, 0.1) is 16.6 Å². The third-order valence-electron chi connectivity index (χ3n) is 4.39. The molecule has 0 aliphatic carbocycles. The highest BCUT2D eigenvalue weighted by molar-refractivity contribution is 7.91. The van der Waals surface area contributed by atoms with Gasteiger partial charge in [0.2, 0.25) is 5.91 Å². The van der Waals surface area contributed by atoms with E-state index in [1.807, 2.05) is 60.7 Å². The molecule has 0 bridgehead atoms. The summed E-state index contributed by atoms with van der Waals surface area (Å²) in [5, 5.41) is 2.90. The number of rotatable bonds is 6. The molecule has 5 heteroatoms. The Balaban J connectivity index is 1.87. The van der Waals surface area contributed by atoms with Gasteiger partial charge in [0, 0.05) is 5.69 Å². The topological polar surface area (TPSA) is 63.2 Å². The van der Waals surface area contributed by atoms with Crippen molar-refractivity contribution in [1.29, 1.82) is 0 Å². The molecular formula is C22H21NO3S. The van der Waals surface area contributed by atoms with Gasteiger partial charge in [0.15, 0.2) is 9.84 Å². The first kappa shape index (κ1) is 18.9. The first-order chi connectivity index (χ1) is 13.0. The molecule has 0 aliphatic heterocycles. The summed E-state index contributed by atoms with van der Waals surface area (Å²) in [6.07, 6.45) is 0. The molecule has 0 fully saturated rings. The fraction of sp³-hybridized carbons (Fsp3) is 0.136. The van der Waals surface area contributed by atoms with E-state index in [2.05, 4.69) is 5.32 Å². The van der Waals surface area contributed by atoms with Gasteiger partial charge in [-0.15, -0.1) is 0 Å². The first-order valence-electron chi connectivity index (χ1n) is 8.75. The van der Waals surface area contributed by atoms with Crippen molar-refractivity contribution in [3.05, 3.63) is 96.1 Å². The molecule has 0 aromatic heterocycles. The lowest BCUT2D eigenvalue weighted by molar-refractivity contribution is -0.116. The molecule has 27 heavy (non-hydrogen) atoms. The summed E-state index contributed by atoms with van der Waals surface area (Å²) in [5.74, 6) is -0.576. The summed E-state index contributed by atoms with van der Waals surface area (Å²) >= 11 is 0. The van der Waals surface area contributed by atoms with Crippen LogP contribution >= 0.6 is 0 Å². The molecule has 0 spiro atoms. The second-order valence-corrected chi connectivity index (χ2v) is 8.45. The molecule has 3 aromatic rings. The van der Waals surface area contributed by atoms with Crippen LogP contribution in [0.5, 0.6) is 0 Å². The number of benzene rings is 3. The third kappa shape index (κ3) is 4.44.